The molecular weight excluding hydrogens is 510 g/mol. The van der Waals surface area contributed by atoms with Crippen LogP contribution < -0.4 is 5.73 Å². The summed E-state index contributed by atoms with van der Waals surface area (Å²) in [6, 6.07) is 1.57. The Balaban J connectivity index is 1.63. The summed E-state index contributed by atoms with van der Waals surface area (Å²) in [4.78, 5) is 55.8. The number of nitrogens with zero attached hydrogens (tertiary/aromatic N) is 2. The Morgan fingerprint density at radius 2 is 1.82 bits per heavy atom. The summed E-state index contributed by atoms with van der Waals surface area (Å²) in [6.07, 6.45) is 0.0195. The third-order valence-electron chi connectivity index (χ3n) is 8.38. The Kier molecular flexibility index (Phi) is 6.62. The molecule has 0 radical (unpaired) electrons. The van der Waals surface area contributed by atoms with Gasteiger partial charge in [0.1, 0.15) is 22.8 Å². The molecular formula is C27H31N3O9. The lowest BCUT2D eigenvalue weighted by Gasteiger charge is -2.50. The molecule has 6 N–H and O–H groups in total. The van der Waals surface area contributed by atoms with Crippen LogP contribution in [0.15, 0.2) is 29.0 Å². The number of morpholine rings is 1. The molecule has 1 saturated carbocycles. The number of fused-ring (bicyclic) bond motifs is 3. The second kappa shape index (κ2) is 9.56. The second-order valence-electron chi connectivity index (χ2n) is 10.8. The normalized spacial score (nSPS) is 29.3. The topological polar surface area (TPSA) is 191 Å². The number of aromatic hydroxyl groups is 1. The molecule has 0 unspecified atom stereocenters. The van der Waals surface area contributed by atoms with Crippen molar-refractivity contribution in [2.24, 2.45) is 17.6 Å². The Morgan fingerprint density at radius 1 is 1.15 bits per heavy atom. The summed E-state index contributed by atoms with van der Waals surface area (Å²) in [6.45, 7) is 2.29. The molecule has 4 aliphatic rings. The minimum absolute atomic E-state index is 0.0431. The van der Waals surface area contributed by atoms with Crippen molar-refractivity contribution in [2.75, 3.05) is 46.9 Å². The van der Waals surface area contributed by atoms with Gasteiger partial charge < -0.3 is 30.9 Å². The molecule has 12 heteroatoms. The number of Topliss-reactive ketones (excluding diaryl/α,β-unsaturated/α-hetero) is 3. The average Bonchev–Trinajstić information content (AvgIpc) is 2.86. The highest BCUT2D eigenvalue weighted by molar-refractivity contribution is 6.24. The van der Waals surface area contributed by atoms with Crippen LogP contribution in [0, 0.1) is 11.8 Å². The lowest BCUT2D eigenvalue weighted by atomic mass is 9.57. The van der Waals surface area contributed by atoms with E-state index in [4.69, 9.17) is 10.5 Å². The molecule has 1 amide bonds. The molecule has 5 rings (SSSR count). The van der Waals surface area contributed by atoms with Gasteiger partial charge in [-0.2, -0.15) is 0 Å². The third kappa shape index (κ3) is 3.97. The number of primary amides is 1. The minimum atomic E-state index is -2.70. The smallest absolute Gasteiger partial charge is 0.255 e. The van der Waals surface area contributed by atoms with Crippen LogP contribution in [-0.2, 0) is 25.5 Å². The maximum atomic E-state index is 13.9. The Morgan fingerprint density at radius 3 is 2.44 bits per heavy atom. The number of phenols is 1. The molecule has 0 bridgehead atoms. The first-order valence-corrected chi connectivity index (χ1v) is 12.7. The van der Waals surface area contributed by atoms with Crippen molar-refractivity contribution in [2.45, 2.75) is 24.5 Å². The summed E-state index contributed by atoms with van der Waals surface area (Å²) in [5.41, 5.74) is 2.06. The van der Waals surface area contributed by atoms with Gasteiger partial charge in [0.05, 0.1) is 31.4 Å². The standard InChI is InChI=1S/C27H31N3O9/c1-29(2)21-15-10-12-9-14-13(17(32)11-30-5-7-39-8-6-30)3-4-16(31)19(14)22(33)18(12)24(35)27(15,38)25(36)20(23(21)34)26(28)37/h3-4,12,15,21,31,33,36,38H,5-11H2,1-2H3,(H2,28,37)/t12-,15-,21-,27+/m1/s1. The average molecular weight is 542 g/mol. The number of aliphatic hydroxyl groups is 3. The molecule has 208 valence electrons. The van der Waals surface area contributed by atoms with Crippen molar-refractivity contribution in [3.05, 3.63) is 45.7 Å². The summed E-state index contributed by atoms with van der Waals surface area (Å²) in [5.74, 6) is -7.48. The number of nitrogens with two attached hydrogens (primary N) is 1. The van der Waals surface area contributed by atoms with E-state index in [9.17, 15) is 39.6 Å². The van der Waals surface area contributed by atoms with Crippen LogP contribution in [-0.4, -0.2) is 112 Å². The van der Waals surface area contributed by atoms with E-state index < -0.39 is 58.0 Å². The number of hydrogen-bond donors (Lipinski definition) is 5. The lowest BCUT2D eigenvalue weighted by molar-refractivity contribution is -0.153. The van der Waals surface area contributed by atoms with E-state index in [2.05, 4.69) is 0 Å². The molecule has 1 aliphatic heterocycles. The lowest BCUT2D eigenvalue weighted by Crippen LogP contribution is -2.65. The van der Waals surface area contributed by atoms with Gasteiger partial charge in [-0.05, 0) is 50.6 Å². The van der Waals surface area contributed by atoms with Crippen LogP contribution in [0.2, 0.25) is 0 Å². The monoisotopic (exact) mass is 541 g/mol. The van der Waals surface area contributed by atoms with Crippen LogP contribution in [0.25, 0.3) is 5.76 Å². The van der Waals surface area contributed by atoms with Crippen molar-refractivity contribution in [3.8, 4) is 5.75 Å². The molecule has 0 aromatic heterocycles. The highest BCUT2D eigenvalue weighted by Gasteiger charge is 2.64. The number of rotatable bonds is 5. The predicted octanol–water partition coefficient (Wildman–Crippen LogP) is -0.521. The summed E-state index contributed by atoms with van der Waals surface area (Å²) in [5, 5.41) is 44.5. The van der Waals surface area contributed by atoms with Crippen LogP contribution in [0.5, 0.6) is 5.75 Å². The van der Waals surface area contributed by atoms with E-state index in [-0.39, 0.29) is 47.6 Å². The van der Waals surface area contributed by atoms with E-state index in [0.29, 0.717) is 31.9 Å². The zero-order valence-corrected chi connectivity index (χ0v) is 21.6. The first-order chi connectivity index (χ1) is 18.4. The molecule has 1 aromatic rings. The van der Waals surface area contributed by atoms with Gasteiger partial charge in [0.2, 0.25) is 5.78 Å². The van der Waals surface area contributed by atoms with E-state index in [1.165, 1.54) is 31.1 Å². The number of benzene rings is 1. The van der Waals surface area contributed by atoms with Crippen molar-refractivity contribution < 1.29 is 44.3 Å². The molecule has 12 nitrogen and oxygen atoms in total. The third-order valence-corrected chi connectivity index (χ3v) is 8.38. The van der Waals surface area contributed by atoms with Crippen molar-refractivity contribution in [1.29, 1.82) is 0 Å². The fraction of sp³-hybridized carbons (Fsp3) is 0.481. The number of hydrogen-bond acceptors (Lipinski definition) is 11. The molecule has 39 heavy (non-hydrogen) atoms. The first kappa shape index (κ1) is 27.0. The first-order valence-electron chi connectivity index (χ1n) is 12.7. The number of amides is 1. The summed E-state index contributed by atoms with van der Waals surface area (Å²) in [7, 11) is 3.07. The van der Waals surface area contributed by atoms with Crippen molar-refractivity contribution >= 4 is 29.0 Å². The number of phenolic OH excluding ortho intramolecular Hbond substituents is 1. The SMILES string of the molecule is CN(C)[C@H]1C(=O)C(C(N)=O)=C(O)[C@@]2(O)C(=O)C3=C(O)c4c(O)ccc(C(=O)CN5CCOCC5)c4C[C@@H]3C[C@H]12. The molecule has 0 spiro atoms. The predicted molar refractivity (Wildman–Crippen MR) is 136 cm³/mol. The summed E-state index contributed by atoms with van der Waals surface area (Å²) >= 11 is 0. The van der Waals surface area contributed by atoms with Crippen molar-refractivity contribution in [3.63, 3.8) is 0 Å². The van der Waals surface area contributed by atoms with Crippen LogP contribution >= 0.6 is 0 Å². The fourth-order valence-electron chi connectivity index (χ4n) is 6.55. The van der Waals surface area contributed by atoms with E-state index >= 15 is 0 Å². The van der Waals surface area contributed by atoms with E-state index in [1.807, 2.05) is 4.90 Å². The van der Waals surface area contributed by atoms with Gasteiger partial charge in [-0.25, -0.2) is 0 Å². The largest absolute Gasteiger partial charge is 0.508 e. The van der Waals surface area contributed by atoms with Gasteiger partial charge in [0.15, 0.2) is 17.2 Å². The van der Waals surface area contributed by atoms with E-state index in [1.54, 1.807) is 0 Å². The van der Waals surface area contributed by atoms with Crippen LogP contribution in [0.3, 0.4) is 0 Å². The maximum Gasteiger partial charge on any atom is 0.255 e. The number of likely N-dealkylation sites (N-methyl/N-ethyl adjacent to an activating group) is 1. The Bertz CT molecular complexity index is 1360. The molecule has 2 fully saturated rings. The molecule has 1 saturated heterocycles. The van der Waals surface area contributed by atoms with E-state index in [0.717, 1.165) is 0 Å². The Labute approximate surface area is 223 Å². The quantitative estimate of drug-likeness (QED) is 0.238. The zero-order valence-electron chi connectivity index (χ0n) is 21.6. The summed E-state index contributed by atoms with van der Waals surface area (Å²) < 4.78 is 5.34. The van der Waals surface area contributed by atoms with Crippen LogP contribution in [0.1, 0.15) is 27.9 Å². The van der Waals surface area contributed by atoms with Gasteiger partial charge in [-0.1, -0.05) is 0 Å². The highest BCUT2D eigenvalue weighted by atomic mass is 16.5. The van der Waals surface area contributed by atoms with Gasteiger partial charge in [-0.15, -0.1) is 0 Å². The maximum absolute atomic E-state index is 13.9. The molecule has 3 aliphatic carbocycles. The minimum Gasteiger partial charge on any atom is -0.508 e. The number of aliphatic hydroxyl groups excluding tert-OH is 2. The number of carbonyl (C=O) groups excluding carboxylic acids is 4. The molecule has 4 atom stereocenters. The molecule has 1 heterocycles. The van der Waals surface area contributed by atoms with Gasteiger partial charge >= 0.3 is 0 Å². The number of carbonyl (C=O) groups is 4. The van der Waals surface area contributed by atoms with Gasteiger partial charge in [0.25, 0.3) is 5.91 Å². The van der Waals surface area contributed by atoms with Gasteiger partial charge in [0, 0.05) is 30.1 Å². The fourth-order valence-corrected chi connectivity index (χ4v) is 6.55. The zero-order chi connectivity index (χ0) is 28.4. The second-order valence-corrected chi connectivity index (χ2v) is 10.8. The highest BCUT2D eigenvalue weighted by Crippen LogP contribution is 2.52. The van der Waals surface area contributed by atoms with Crippen LogP contribution in [0.4, 0.5) is 0 Å². The Hall–Kier alpha value is -3.58. The molecule has 1 aromatic carbocycles. The number of ketones is 3. The van der Waals surface area contributed by atoms with Gasteiger partial charge in [-0.3, -0.25) is 29.0 Å². The van der Waals surface area contributed by atoms with Crippen molar-refractivity contribution in [1.82, 2.24) is 9.80 Å². The number of ether oxygens (including phenoxy) is 1.